The van der Waals surface area contributed by atoms with Crippen molar-refractivity contribution >= 4 is 9.84 Å². The summed E-state index contributed by atoms with van der Waals surface area (Å²) >= 11 is 0. The molecule has 0 aromatic heterocycles. The summed E-state index contributed by atoms with van der Waals surface area (Å²) in [5, 5.41) is 0. The maximum Gasteiger partial charge on any atom is 0.159 e. The predicted molar refractivity (Wildman–Crippen MR) is 70.7 cm³/mol. The molecule has 1 heterocycles. The van der Waals surface area contributed by atoms with Crippen molar-refractivity contribution < 1.29 is 13.2 Å². The summed E-state index contributed by atoms with van der Waals surface area (Å²) in [6, 6.07) is 0. The minimum absolute atomic E-state index is 0.303. The first-order valence-corrected chi connectivity index (χ1v) is 8.06. The van der Waals surface area contributed by atoms with Crippen molar-refractivity contribution in [3.05, 3.63) is 11.8 Å². The summed E-state index contributed by atoms with van der Waals surface area (Å²) in [6.07, 6.45) is 5.85. The van der Waals surface area contributed by atoms with Crippen LogP contribution in [-0.2, 0) is 14.6 Å². The van der Waals surface area contributed by atoms with Gasteiger partial charge in [-0.1, -0.05) is 19.8 Å². The van der Waals surface area contributed by atoms with Crippen LogP contribution in [0.25, 0.3) is 0 Å². The first-order chi connectivity index (χ1) is 7.93. The van der Waals surface area contributed by atoms with Crippen molar-refractivity contribution in [3.63, 3.8) is 0 Å². The molecule has 0 amide bonds. The van der Waals surface area contributed by atoms with Gasteiger partial charge >= 0.3 is 0 Å². The molecule has 1 aliphatic rings. The van der Waals surface area contributed by atoms with Gasteiger partial charge < -0.3 is 4.74 Å². The Kier molecular flexibility index (Phi) is 5.04. The average molecular weight is 260 g/mol. The summed E-state index contributed by atoms with van der Waals surface area (Å²) < 4.78 is 29.5. The topological polar surface area (TPSA) is 43.4 Å². The van der Waals surface area contributed by atoms with Crippen LogP contribution in [0.15, 0.2) is 11.8 Å². The van der Waals surface area contributed by atoms with Gasteiger partial charge in [-0.3, -0.25) is 0 Å². The van der Waals surface area contributed by atoms with E-state index in [1.807, 2.05) is 20.8 Å². The molecule has 0 bridgehead atoms. The molecular weight excluding hydrogens is 236 g/mol. The number of allylic oxidation sites excluding steroid dienone is 1. The van der Waals surface area contributed by atoms with Gasteiger partial charge in [-0.15, -0.1) is 0 Å². The lowest BCUT2D eigenvalue weighted by atomic mass is 9.99. The summed E-state index contributed by atoms with van der Waals surface area (Å²) in [7, 11) is -3.02. The zero-order valence-corrected chi connectivity index (χ0v) is 12.0. The minimum Gasteiger partial charge on any atom is -0.500 e. The van der Waals surface area contributed by atoms with Gasteiger partial charge in [0, 0.05) is 0 Å². The van der Waals surface area contributed by atoms with Crippen LogP contribution in [0, 0.1) is 0 Å². The quantitative estimate of drug-likeness (QED) is 0.730. The monoisotopic (exact) mass is 260 g/mol. The van der Waals surface area contributed by atoms with Gasteiger partial charge in [0.25, 0.3) is 0 Å². The van der Waals surface area contributed by atoms with Crippen molar-refractivity contribution in [2.24, 2.45) is 0 Å². The Labute approximate surface area is 105 Å². The Bertz CT molecular complexity index is 366. The number of ether oxygens (including phenoxy) is 1. The number of sulfone groups is 1. The zero-order chi connectivity index (χ0) is 12.9. The highest BCUT2D eigenvalue weighted by atomic mass is 32.2. The van der Waals surface area contributed by atoms with Gasteiger partial charge in [0.1, 0.15) is 11.4 Å². The Morgan fingerprint density at radius 3 is 2.59 bits per heavy atom. The second-order valence-electron chi connectivity index (χ2n) is 5.17. The van der Waals surface area contributed by atoms with E-state index in [4.69, 9.17) is 4.74 Å². The van der Waals surface area contributed by atoms with E-state index in [2.05, 4.69) is 0 Å². The van der Waals surface area contributed by atoms with Crippen LogP contribution in [0.3, 0.4) is 0 Å². The molecule has 3 nitrogen and oxygen atoms in total. The van der Waals surface area contributed by atoms with Gasteiger partial charge in [0.05, 0.1) is 12.0 Å². The molecule has 0 aliphatic carbocycles. The fourth-order valence-corrected chi connectivity index (χ4v) is 4.47. The van der Waals surface area contributed by atoms with Crippen molar-refractivity contribution in [1.82, 2.24) is 0 Å². The molecule has 17 heavy (non-hydrogen) atoms. The van der Waals surface area contributed by atoms with Crippen LogP contribution in [0.5, 0.6) is 0 Å². The molecule has 0 spiro atoms. The van der Waals surface area contributed by atoms with Gasteiger partial charge in [0.15, 0.2) is 9.84 Å². The summed E-state index contributed by atoms with van der Waals surface area (Å²) in [5.41, 5.74) is 1.06. The van der Waals surface area contributed by atoms with E-state index < -0.39 is 14.6 Å². The van der Waals surface area contributed by atoms with Crippen LogP contribution in [-0.4, -0.2) is 25.5 Å². The Hall–Kier alpha value is -0.510. The van der Waals surface area contributed by atoms with E-state index in [0.29, 0.717) is 18.8 Å². The highest BCUT2D eigenvalue weighted by Crippen LogP contribution is 2.33. The van der Waals surface area contributed by atoms with Crippen LogP contribution in [0.1, 0.15) is 52.9 Å². The fraction of sp³-hybridized carbons (Fsp3) is 0.846. The number of hydrogen-bond acceptors (Lipinski definition) is 3. The Balaban J connectivity index is 2.86. The molecule has 1 saturated heterocycles. The van der Waals surface area contributed by atoms with E-state index in [1.54, 1.807) is 6.26 Å². The minimum atomic E-state index is -3.02. The summed E-state index contributed by atoms with van der Waals surface area (Å²) in [6.45, 7) is 6.15. The van der Waals surface area contributed by atoms with Gasteiger partial charge in [-0.05, 0) is 38.7 Å². The Morgan fingerprint density at radius 2 is 2.00 bits per heavy atom. The molecule has 1 unspecified atom stereocenters. The van der Waals surface area contributed by atoms with Crippen molar-refractivity contribution in [2.75, 3.05) is 12.4 Å². The van der Waals surface area contributed by atoms with Crippen LogP contribution < -0.4 is 0 Å². The summed E-state index contributed by atoms with van der Waals surface area (Å²) in [4.78, 5) is 0. The molecule has 1 fully saturated rings. The maximum absolute atomic E-state index is 12.3. The van der Waals surface area contributed by atoms with E-state index in [9.17, 15) is 8.42 Å². The van der Waals surface area contributed by atoms with E-state index in [1.165, 1.54) is 0 Å². The van der Waals surface area contributed by atoms with Gasteiger partial charge in [0.2, 0.25) is 0 Å². The van der Waals surface area contributed by atoms with E-state index in [0.717, 1.165) is 31.3 Å². The van der Waals surface area contributed by atoms with Crippen LogP contribution >= 0.6 is 0 Å². The summed E-state index contributed by atoms with van der Waals surface area (Å²) in [5.74, 6) is 0.318. The number of rotatable bonds is 4. The van der Waals surface area contributed by atoms with Crippen molar-refractivity contribution in [1.29, 1.82) is 0 Å². The SMILES string of the molecule is CCC1(COC=C(C)C)CCCCCS1(=O)=O. The molecule has 0 radical (unpaired) electrons. The fourth-order valence-electron chi connectivity index (χ4n) is 2.31. The van der Waals surface area contributed by atoms with Gasteiger partial charge in [-0.2, -0.15) is 0 Å². The third-order valence-electron chi connectivity index (χ3n) is 3.51. The Morgan fingerprint density at radius 1 is 1.29 bits per heavy atom. The van der Waals surface area contributed by atoms with E-state index in [-0.39, 0.29) is 0 Å². The molecule has 100 valence electrons. The zero-order valence-electron chi connectivity index (χ0n) is 11.2. The molecule has 0 N–H and O–H groups in total. The normalized spacial score (nSPS) is 28.2. The first-order valence-electron chi connectivity index (χ1n) is 6.41. The van der Waals surface area contributed by atoms with Gasteiger partial charge in [-0.25, -0.2) is 8.42 Å². The lowest BCUT2D eigenvalue weighted by Crippen LogP contribution is -2.42. The van der Waals surface area contributed by atoms with Crippen LogP contribution in [0.4, 0.5) is 0 Å². The standard InChI is InChI=1S/C13H24O3S/c1-4-13(11-16-10-12(2)3)8-6-5-7-9-17(13,14)15/h10H,4-9,11H2,1-3H3. The van der Waals surface area contributed by atoms with Crippen molar-refractivity contribution in [2.45, 2.75) is 57.6 Å². The lowest BCUT2D eigenvalue weighted by molar-refractivity contribution is 0.195. The third kappa shape index (κ3) is 3.47. The second-order valence-corrected chi connectivity index (χ2v) is 7.68. The molecule has 1 aliphatic heterocycles. The third-order valence-corrected chi connectivity index (χ3v) is 6.27. The highest BCUT2D eigenvalue weighted by Gasteiger charge is 2.43. The highest BCUT2D eigenvalue weighted by molar-refractivity contribution is 7.92. The molecular formula is C13H24O3S. The first kappa shape index (κ1) is 14.6. The van der Waals surface area contributed by atoms with Crippen molar-refractivity contribution in [3.8, 4) is 0 Å². The van der Waals surface area contributed by atoms with Crippen LogP contribution in [0.2, 0.25) is 0 Å². The predicted octanol–water partition coefficient (Wildman–Crippen LogP) is 3.06. The maximum atomic E-state index is 12.3. The number of hydrogen-bond donors (Lipinski definition) is 0. The smallest absolute Gasteiger partial charge is 0.159 e. The molecule has 0 saturated carbocycles. The average Bonchev–Trinajstić information content (AvgIpc) is 2.38. The molecule has 1 rings (SSSR count). The largest absolute Gasteiger partial charge is 0.500 e. The lowest BCUT2D eigenvalue weighted by Gasteiger charge is -2.30. The molecule has 4 heteroatoms. The second kappa shape index (κ2) is 5.89. The molecule has 0 aromatic rings. The molecule has 1 atom stereocenters. The van der Waals surface area contributed by atoms with E-state index >= 15 is 0 Å². The molecule has 0 aromatic carbocycles.